The summed E-state index contributed by atoms with van der Waals surface area (Å²) in [6, 6.07) is 9.91. The Morgan fingerprint density at radius 1 is 1.04 bits per heavy atom. The van der Waals surface area contributed by atoms with Gasteiger partial charge in [-0.1, -0.05) is 0 Å². The second kappa shape index (κ2) is 8.34. The van der Waals surface area contributed by atoms with Crippen molar-refractivity contribution in [1.82, 2.24) is 4.90 Å². The van der Waals surface area contributed by atoms with E-state index >= 15 is 0 Å². The normalized spacial score (nSPS) is 14.3. The molecule has 2 aromatic carbocycles. The number of benzene rings is 2. The molecule has 0 spiro atoms. The molecule has 1 heterocycles. The van der Waals surface area contributed by atoms with Crippen molar-refractivity contribution in [3.63, 3.8) is 0 Å². The van der Waals surface area contributed by atoms with Gasteiger partial charge in [-0.15, -0.1) is 11.8 Å². The lowest BCUT2D eigenvalue weighted by Gasteiger charge is -2.36. The van der Waals surface area contributed by atoms with Crippen LogP contribution in [0.15, 0.2) is 47.4 Å². The third kappa shape index (κ3) is 4.73. The highest BCUT2D eigenvalue weighted by atomic mass is 32.2. The van der Waals surface area contributed by atoms with Crippen LogP contribution in [0.25, 0.3) is 0 Å². The Labute approximate surface area is 158 Å². The largest absolute Gasteiger partial charge is 0.368 e. The molecule has 0 unspecified atom stereocenters. The first kappa shape index (κ1) is 19.1. The van der Waals surface area contributed by atoms with Gasteiger partial charge in [0.05, 0.1) is 10.7 Å². The fraction of sp³-hybridized carbons (Fsp3) is 0.278. The smallest absolute Gasteiger partial charge is 0.269 e. The number of carbonyl (C=O) groups is 1. The van der Waals surface area contributed by atoms with Gasteiger partial charge < -0.3 is 9.80 Å². The van der Waals surface area contributed by atoms with Crippen LogP contribution in [-0.4, -0.2) is 47.7 Å². The maximum atomic E-state index is 13.2. The number of nitrogens with zero attached hydrogens (tertiary/aromatic N) is 3. The zero-order valence-electron chi connectivity index (χ0n) is 14.3. The minimum Gasteiger partial charge on any atom is -0.368 e. The second-order valence-corrected chi connectivity index (χ2v) is 7.05. The molecule has 0 atom stereocenters. The van der Waals surface area contributed by atoms with Crippen molar-refractivity contribution in [1.29, 1.82) is 0 Å². The molecule has 0 radical (unpaired) electrons. The molecule has 0 N–H and O–H groups in total. The number of anilines is 1. The van der Waals surface area contributed by atoms with Crippen LogP contribution in [0.1, 0.15) is 0 Å². The van der Waals surface area contributed by atoms with Gasteiger partial charge in [0, 0.05) is 48.9 Å². The second-order valence-electron chi connectivity index (χ2n) is 6.01. The van der Waals surface area contributed by atoms with Crippen molar-refractivity contribution >= 4 is 29.0 Å². The molecule has 142 valence electrons. The van der Waals surface area contributed by atoms with Gasteiger partial charge in [-0.2, -0.15) is 0 Å². The standard InChI is InChI=1S/C18H17F2N3O3S/c19-16-6-5-15(11-17(16)20)27-12-18(24)22-9-7-21(8-10-22)13-1-3-14(4-2-13)23(25)26/h1-6,11H,7-10,12H2. The van der Waals surface area contributed by atoms with Gasteiger partial charge in [-0.3, -0.25) is 14.9 Å². The third-order valence-electron chi connectivity index (χ3n) is 4.31. The van der Waals surface area contributed by atoms with Crippen LogP contribution in [0.2, 0.25) is 0 Å². The summed E-state index contributed by atoms with van der Waals surface area (Å²) in [6.07, 6.45) is 0. The lowest BCUT2D eigenvalue weighted by Crippen LogP contribution is -2.49. The van der Waals surface area contributed by atoms with Gasteiger partial charge in [0.25, 0.3) is 5.69 Å². The molecule has 1 saturated heterocycles. The molecule has 2 aromatic rings. The van der Waals surface area contributed by atoms with Crippen LogP contribution >= 0.6 is 11.8 Å². The Hall–Kier alpha value is -2.68. The molecule has 0 aromatic heterocycles. The van der Waals surface area contributed by atoms with Crippen LogP contribution in [0.3, 0.4) is 0 Å². The summed E-state index contributed by atoms with van der Waals surface area (Å²) in [5, 5.41) is 10.7. The summed E-state index contributed by atoms with van der Waals surface area (Å²) in [6.45, 7) is 2.32. The highest BCUT2D eigenvalue weighted by Crippen LogP contribution is 2.23. The Bertz CT molecular complexity index is 840. The molecule has 3 rings (SSSR count). The van der Waals surface area contributed by atoms with Crippen LogP contribution in [0.5, 0.6) is 0 Å². The van der Waals surface area contributed by atoms with Crippen LogP contribution in [-0.2, 0) is 4.79 Å². The molecule has 0 saturated carbocycles. The lowest BCUT2D eigenvalue weighted by atomic mass is 10.2. The summed E-state index contributed by atoms with van der Waals surface area (Å²) >= 11 is 1.17. The lowest BCUT2D eigenvalue weighted by molar-refractivity contribution is -0.384. The maximum absolute atomic E-state index is 13.2. The number of halogens is 2. The summed E-state index contributed by atoms with van der Waals surface area (Å²) in [4.78, 5) is 26.9. The number of rotatable bonds is 5. The molecule has 0 aliphatic carbocycles. The molecule has 6 nitrogen and oxygen atoms in total. The Morgan fingerprint density at radius 3 is 2.30 bits per heavy atom. The minimum atomic E-state index is -0.927. The van der Waals surface area contributed by atoms with E-state index in [1.54, 1.807) is 17.0 Å². The number of nitro benzene ring substituents is 1. The number of hydrogen-bond donors (Lipinski definition) is 0. The fourth-order valence-electron chi connectivity index (χ4n) is 2.80. The number of amides is 1. The van der Waals surface area contributed by atoms with E-state index in [0.717, 1.165) is 17.8 Å². The van der Waals surface area contributed by atoms with E-state index < -0.39 is 16.6 Å². The van der Waals surface area contributed by atoms with Crippen molar-refractivity contribution in [3.05, 3.63) is 64.2 Å². The summed E-state index contributed by atoms with van der Waals surface area (Å²) in [7, 11) is 0. The monoisotopic (exact) mass is 393 g/mol. The third-order valence-corrected chi connectivity index (χ3v) is 5.29. The Balaban J connectivity index is 1.50. The number of hydrogen-bond acceptors (Lipinski definition) is 5. The van der Waals surface area contributed by atoms with E-state index in [1.165, 1.54) is 30.0 Å². The molecule has 0 bridgehead atoms. The predicted octanol–water partition coefficient (Wildman–Crippen LogP) is 3.31. The molecule has 9 heteroatoms. The number of carbonyl (C=O) groups excluding carboxylic acids is 1. The predicted molar refractivity (Wildman–Crippen MR) is 99.0 cm³/mol. The zero-order valence-corrected chi connectivity index (χ0v) is 15.1. The topological polar surface area (TPSA) is 66.7 Å². The van der Waals surface area contributed by atoms with Gasteiger partial charge in [-0.05, 0) is 30.3 Å². The van der Waals surface area contributed by atoms with Crippen molar-refractivity contribution in [2.24, 2.45) is 0 Å². The van der Waals surface area contributed by atoms with E-state index in [2.05, 4.69) is 4.90 Å². The molecular formula is C18H17F2N3O3S. The first-order valence-corrected chi connectivity index (χ1v) is 9.27. The summed E-state index contributed by atoms with van der Waals surface area (Å²) in [5.74, 6) is -1.74. The molecule has 1 aliphatic heterocycles. The molecule has 1 aliphatic rings. The zero-order chi connectivity index (χ0) is 19.4. The quantitative estimate of drug-likeness (QED) is 0.443. The summed E-state index contributed by atoms with van der Waals surface area (Å²) < 4.78 is 26.1. The molecule has 1 amide bonds. The first-order valence-electron chi connectivity index (χ1n) is 8.29. The van der Waals surface area contributed by atoms with E-state index in [4.69, 9.17) is 0 Å². The van der Waals surface area contributed by atoms with Crippen molar-refractivity contribution in [3.8, 4) is 0 Å². The number of non-ortho nitro benzene ring substituents is 1. The van der Waals surface area contributed by atoms with E-state index in [9.17, 15) is 23.7 Å². The fourth-order valence-corrected chi connectivity index (χ4v) is 3.63. The minimum absolute atomic E-state index is 0.0434. The number of nitro groups is 1. The highest BCUT2D eigenvalue weighted by molar-refractivity contribution is 8.00. The Kier molecular flexibility index (Phi) is 5.90. The number of thioether (sulfide) groups is 1. The highest BCUT2D eigenvalue weighted by Gasteiger charge is 2.21. The van der Waals surface area contributed by atoms with Crippen LogP contribution < -0.4 is 4.90 Å². The van der Waals surface area contributed by atoms with E-state index in [0.29, 0.717) is 31.1 Å². The molecule has 1 fully saturated rings. The Morgan fingerprint density at radius 2 is 1.70 bits per heavy atom. The van der Waals surface area contributed by atoms with E-state index in [1.807, 2.05) is 0 Å². The van der Waals surface area contributed by atoms with Crippen molar-refractivity contribution in [2.75, 3.05) is 36.8 Å². The summed E-state index contributed by atoms with van der Waals surface area (Å²) in [5.41, 5.74) is 0.922. The van der Waals surface area contributed by atoms with Gasteiger partial charge in [-0.25, -0.2) is 8.78 Å². The molecular weight excluding hydrogens is 376 g/mol. The van der Waals surface area contributed by atoms with Crippen LogP contribution in [0, 0.1) is 21.7 Å². The van der Waals surface area contributed by atoms with Crippen molar-refractivity contribution < 1.29 is 18.5 Å². The van der Waals surface area contributed by atoms with Gasteiger partial charge in [0.1, 0.15) is 0 Å². The van der Waals surface area contributed by atoms with E-state index in [-0.39, 0.29) is 17.3 Å². The average Bonchev–Trinajstić information content (AvgIpc) is 2.69. The van der Waals surface area contributed by atoms with Gasteiger partial charge >= 0.3 is 0 Å². The van der Waals surface area contributed by atoms with Crippen molar-refractivity contribution in [2.45, 2.75) is 4.90 Å². The SMILES string of the molecule is O=C(CSc1ccc(F)c(F)c1)N1CCN(c2ccc([N+](=O)[O-])cc2)CC1. The van der Waals surface area contributed by atoms with Crippen LogP contribution in [0.4, 0.5) is 20.2 Å². The van der Waals surface area contributed by atoms with Gasteiger partial charge in [0.15, 0.2) is 11.6 Å². The average molecular weight is 393 g/mol. The first-order chi connectivity index (χ1) is 12.9. The number of piperazine rings is 1. The molecule has 27 heavy (non-hydrogen) atoms. The van der Waals surface area contributed by atoms with Gasteiger partial charge in [0.2, 0.25) is 5.91 Å². The maximum Gasteiger partial charge on any atom is 0.269 e.